The first-order chi connectivity index (χ1) is 10.5. The number of benzene rings is 2. The fourth-order valence-electron chi connectivity index (χ4n) is 1.72. The Balaban J connectivity index is 2.07. The van der Waals surface area contributed by atoms with Gasteiger partial charge < -0.3 is 15.4 Å². The number of para-hydroxylation sites is 2. The summed E-state index contributed by atoms with van der Waals surface area (Å²) in [6, 6.07) is 11.7. The molecular formula is C15H13ClF2N2OS. The van der Waals surface area contributed by atoms with Gasteiger partial charge in [0.2, 0.25) is 0 Å². The molecule has 2 aromatic carbocycles. The molecule has 2 N–H and O–H groups in total. The van der Waals surface area contributed by atoms with Crippen molar-refractivity contribution in [3.05, 3.63) is 53.1 Å². The predicted molar refractivity (Wildman–Crippen MR) is 89.1 cm³/mol. The number of hydrogen-bond acceptors (Lipinski definition) is 2. The summed E-state index contributed by atoms with van der Waals surface area (Å²) < 4.78 is 29.1. The van der Waals surface area contributed by atoms with Gasteiger partial charge in [0.15, 0.2) is 5.11 Å². The maximum atomic E-state index is 12.4. The fraction of sp³-hybridized carbons (Fsp3) is 0.133. The summed E-state index contributed by atoms with van der Waals surface area (Å²) in [6.07, 6.45) is 0. The highest BCUT2D eigenvalue weighted by Crippen LogP contribution is 2.26. The third-order valence-electron chi connectivity index (χ3n) is 2.78. The highest BCUT2D eigenvalue weighted by Gasteiger charge is 2.10. The van der Waals surface area contributed by atoms with Crippen molar-refractivity contribution in [1.29, 1.82) is 0 Å². The molecule has 0 aliphatic heterocycles. The van der Waals surface area contributed by atoms with E-state index in [1.165, 1.54) is 6.07 Å². The van der Waals surface area contributed by atoms with Crippen LogP contribution in [0.3, 0.4) is 0 Å². The van der Waals surface area contributed by atoms with Gasteiger partial charge in [-0.3, -0.25) is 0 Å². The van der Waals surface area contributed by atoms with Crippen LogP contribution in [-0.2, 0) is 0 Å². The van der Waals surface area contributed by atoms with Gasteiger partial charge in [0.05, 0.1) is 5.69 Å². The Morgan fingerprint density at radius 1 is 1.18 bits per heavy atom. The molecule has 116 valence electrons. The molecule has 2 aromatic rings. The second kappa shape index (κ2) is 7.38. The molecule has 7 heteroatoms. The maximum Gasteiger partial charge on any atom is 0.387 e. The Hall–Kier alpha value is -1.92. The summed E-state index contributed by atoms with van der Waals surface area (Å²) in [5, 5.41) is 6.60. The molecule has 2 rings (SSSR count). The van der Waals surface area contributed by atoms with E-state index in [1.807, 2.05) is 19.1 Å². The summed E-state index contributed by atoms with van der Waals surface area (Å²) in [5.41, 5.74) is 1.99. The first-order valence-electron chi connectivity index (χ1n) is 6.33. The molecule has 0 saturated carbocycles. The van der Waals surface area contributed by atoms with Crippen LogP contribution in [-0.4, -0.2) is 11.7 Å². The van der Waals surface area contributed by atoms with Crippen molar-refractivity contribution in [2.75, 3.05) is 10.6 Å². The number of halogens is 3. The second-order valence-corrected chi connectivity index (χ2v) is 5.23. The lowest BCUT2D eigenvalue weighted by Gasteiger charge is -2.14. The maximum absolute atomic E-state index is 12.4. The largest absolute Gasteiger partial charge is 0.433 e. The molecule has 0 aliphatic rings. The van der Waals surface area contributed by atoms with Crippen molar-refractivity contribution in [3.8, 4) is 5.75 Å². The van der Waals surface area contributed by atoms with E-state index in [2.05, 4.69) is 15.4 Å². The Labute approximate surface area is 137 Å². The number of alkyl halides is 2. The lowest BCUT2D eigenvalue weighted by molar-refractivity contribution is -0.0493. The van der Waals surface area contributed by atoms with Crippen LogP contribution in [0.1, 0.15) is 5.56 Å². The van der Waals surface area contributed by atoms with Crippen LogP contribution < -0.4 is 15.4 Å². The van der Waals surface area contributed by atoms with Gasteiger partial charge in [-0.05, 0) is 49.0 Å². The quantitative estimate of drug-likeness (QED) is 0.761. The Morgan fingerprint density at radius 3 is 2.59 bits per heavy atom. The topological polar surface area (TPSA) is 33.3 Å². The highest BCUT2D eigenvalue weighted by molar-refractivity contribution is 7.80. The third kappa shape index (κ3) is 4.54. The van der Waals surface area contributed by atoms with Crippen molar-refractivity contribution in [2.45, 2.75) is 13.5 Å². The van der Waals surface area contributed by atoms with Crippen LogP contribution in [0, 0.1) is 6.92 Å². The monoisotopic (exact) mass is 342 g/mol. The molecule has 0 spiro atoms. The highest BCUT2D eigenvalue weighted by atomic mass is 35.5. The van der Waals surface area contributed by atoms with Gasteiger partial charge in [0.25, 0.3) is 0 Å². The average Bonchev–Trinajstić information content (AvgIpc) is 2.44. The van der Waals surface area contributed by atoms with E-state index in [-0.39, 0.29) is 10.9 Å². The minimum atomic E-state index is -2.90. The summed E-state index contributed by atoms with van der Waals surface area (Å²) in [7, 11) is 0. The SMILES string of the molecule is Cc1ccc(NC(=S)Nc2ccccc2OC(F)F)cc1Cl. The van der Waals surface area contributed by atoms with E-state index in [1.54, 1.807) is 24.3 Å². The summed E-state index contributed by atoms with van der Waals surface area (Å²) in [4.78, 5) is 0. The molecule has 0 bridgehead atoms. The van der Waals surface area contributed by atoms with Crippen molar-refractivity contribution in [1.82, 2.24) is 0 Å². The first kappa shape index (κ1) is 16.5. The molecule has 0 amide bonds. The normalized spacial score (nSPS) is 10.4. The van der Waals surface area contributed by atoms with Crippen LogP contribution in [0.15, 0.2) is 42.5 Å². The van der Waals surface area contributed by atoms with Gasteiger partial charge in [-0.25, -0.2) is 0 Å². The molecule has 0 unspecified atom stereocenters. The second-order valence-electron chi connectivity index (χ2n) is 4.42. The standard InChI is InChI=1S/C15H13ClF2N2OS/c1-9-6-7-10(8-11(9)16)19-15(22)20-12-4-2-3-5-13(12)21-14(17)18/h2-8,14H,1H3,(H2,19,20,22). The first-order valence-corrected chi connectivity index (χ1v) is 7.12. The molecule has 0 aromatic heterocycles. The number of anilines is 2. The molecule has 0 aliphatic carbocycles. The Bertz CT molecular complexity index is 682. The minimum absolute atomic E-state index is 0.0172. The molecule has 0 saturated heterocycles. The van der Waals surface area contributed by atoms with E-state index in [0.29, 0.717) is 16.4 Å². The number of nitrogens with one attached hydrogen (secondary N) is 2. The summed E-state index contributed by atoms with van der Waals surface area (Å²) >= 11 is 11.2. The van der Waals surface area contributed by atoms with Gasteiger partial charge in [0.1, 0.15) is 5.75 Å². The molecule has 22 heavy (non-hydrogen) atoms. The summed E-state index contributed by atoms with van der Waals surface area (Å²) in [6.45, 7) is -1.01. The Morgan fingerprint density at radius 2 is 1.91 bits per heavy atom. The van der Waals surface area contributed by atoms with E-state index in [4.69, 9.17) is 23.8 Å². The lowest BCUT2D eigenvalue weighted by atomic mass is 10.2. The zero-order chi connectivity index (χ0) is 16.1. The van der Waals surface area contributed by atoms with E-state index in [0.717, 1.165) is 5.56 Å². The van der Waals surface area contributed by atoms with E-state index < -0.39 is 6.61 Å². The van der Waals surface area contributed by atoms with Crippen LogP contribution in [0.25, 0.3) is 0 Å². The van der Waals surface area contributed by atoms with Gasteiger partial charge in [-0.1, -0.05) is 29.8 Å². The molecule has 0 heterocycles. The van der Waals surface area contributed by atoms with E-state index >= 15 is 0 Å². The predicted octanol–water partition coefficient (Wildman–Crippen LogP) is 5.06. The molecule has 0 radical (unpaired) electrons. The molecule has 0 atom stereocenters. The minimum Gasteiger partial charge on any atom is -0.433 e. The van der Waals surface area contributed by atoms with Crippen LogP contribution in [0.4, 0.5) is 20.2 Å². The number of aryl methyl sites for hydroxylation is 1. The lowest BCUT2D eigenvalue weighted by Crippen LogP contribution is -2.20. The van der Waals surface area contributed by atoms with Crippen LogP contribution in [0.5, 0.6) is 5.75 Å². The zero-order valence-corrected chi connectivity index (χ0v) is 13.1. The van der Waals surface area contributed by atoms with Gasteiger partial charge >= 0.3 is 6.61 Å². The van der Waals surface area contributed by atoms with Crippen molar-refractivity contribution in [2.24, 2.45) is 0 Å². The smallest absolute Gasteiger partial charge is 0.387 e. The zero-order valence-electron chi connectivity index (χ0n) is 11.6. The average molecular weight is 343 g/mol. The van der Waals surface area contributed by atoms with Crippen LogP contribution >= 0.6 is 23.8 Å². The number of hydrogen-bond donors (Lipinski definition) is 2. The fourth-order valence-corrected chi connectivity index (χ4v) is 2.13. The number of thiocarbonyl (C=S) groups is 1. The van der Waals surface area contributed by atoms with Crippen molar-refractivity contribution < 1.29 is 13.5 Å². The van der Waals surface area contributed by atoms with Crippen LogP contribution in [0.2, 0.25) is 5.02 Å². The molecule has 3 nitrogen and oxygen atoms in total. The number of ether oxygens (including phenoxy) is 1. The molecule has 0 fully saturated rings. The Kier molecular flexibility index (Phi) is 5.51. The van der Waals surface area contributed by atoms with Gasteiger partial charge in [-0.2, -0.15) is 8.78 Å². The third-order valence-corrected chi connectivity index (χ3v) is 3.39. The van der Waals surface area contributed by atoms with Gasteiger partial charge in [-0.15, -0.1) is 0 Å². The number of rotatable bonds is 4. The summed E-state index contributed by atoms with van der Waals surface area (Å²) in [5.74, 6) is 0.0172. The molecular weight excluding hydrogens is 330 g/mol. The van der Waals surface area contributed by atoms with E-state index in [9.17, 15) is 8.78 Å². The van der Waals surface area contributed by atoms with Gasteiger partial charge in [0, 0.05) is 10.7 Å². The van der Waals surface area contributed by atoms with Crippen molar-refractivity contribution >= 4 is 40.3 Å². The van der Waals surface area contributed by atoms with Crippen molar-refractivity contribution in [3.63, 3.8) is 0 Å².